The molecule has 33 heavy (non-hydrogen) atoms. The first-order chi connectivity index (χ1) is 15.7. The van der Waals surface area contributed by atoms with E-state index in [0.717, 1.165) is 30.2 Å². The maximum atomic E-state index is 5.88. The van der Waals surface area contributed by atoms with Gasteiger partial charge in [-0.1, -0.05) is 81.4 Å². The molecule has 1 aliphatic heterocycles. The first kappa shape index (κ1) is 23.7. The van der Waals surface area contributed by atoms with E-state index in [1.54, 1.807) is 0 Å². The summed E-state index contributed by atoms with van der Waals surface area (Å²) in [5.74, 6) is 0.883. The summed E-state index contributed by atoms with van der Waals surface area (Å²) in [4.78, 5) is 5.17. The van der Waals surface area contributed by atoms with Crippen LogP contribution in [-0.4, -0.2) is 35.1 Å². The Labute approximate surface area is 198 Å². The average molecular weight is 448 g/mol. The monoisotopic (exact) mass is 447 g/mol. The molecule has 1 aliphatic rings. The van der Waals surface area contributed by atoms with Crippen LogP contribution in [0.3, 0.4) is 0 Å². The number of rotatable bonds is 7. The summed E-state index contributed by atoms with van der Waals surface area (Å²) < 4.78 is 14.1. The highest BCUT2D eigenvalue weighted by molar-refractivity contribution is 5.58. The molecule has 2 aromatic carbocycles. The summed E-state index contributed by atoms with van der Waals surface area (Å²) >= 11 is 0. The fourth-order valence-corrected chi connectivity index (χ4v) is 4.23. The summed E-state index contributed by atoms with van der Waals surface area (Å²) in [6, 6.07) is 21.1. The summed E-state index contributed by atoms with van der Waals surface area (Å²) in [6.07, 6.45) is 2.19. The smallest absolute Gasteiger partial charge is 0.162 e. The van der Waals surface area contributed by atoms with Gasteiger partial charge in [0.05, 0.1) is 24.9 Å². The highest BCUT2D eigenvalue weighted by Crippen LogP contribution is 2.34. The molecule has 176 valence electrons. The van der Waals surface area contributed by atoms with Crippen LogP contribution in [0.15, 0.2) is 66.9 Å². The molecule has 1 unspecified atom stereocenters. The quantitative estimate of drug-likeness (QED) is 0.507. The molecule has 1 fully saturated rings. The molecule has 0 aliphatic carbocycles. The molecule has 2 heterocycles. The predicted octanol–water partition coefficient (Wildman–Crippen LogP) is 5.67. The summed E-state index contributed by atoms with van der Waals surface area (Å²) in [7, 11) is 0. The van der Waals surface area contributed by atoms with Crippen LogP contribution in [0.2, 0.25) is 0 Å². The van der Waals surface area contributed by atoms with Crippen molar-refractivity contribution in [3.8, 4) is 11.3 Å². The maximum absolute atomic E-state index is 5.88. The SMILES string of the molecule is CC1(C)OCC(CNC(c2nc(-c3ccccc3)cn2Cc2ccccc2)C(C)(C)C)CO1. The Balaban J connectivity index is 1.62. The van der Waals surface area contributed by atoms with Crippen LogP contribution in [0.5, 0.6) is 0 Å². The van der Waals surface area contributed by atoms with Crippen LogP contribution in [-0.2, 0) is 16.0 Å². The van der Waals surface area contributed by atoms with Crippen LogP contribution < -0.4 is 5.32 Å². The molecule has 3 aromatic rings. The largest absolute Gasteiger partial charge is 0.350 e. The van der Waals surface area contributed by atoms with Crippen LogP contribution in [0.4, 0.5) is 0 Å². The normalized spacial score (nSPS) is 17.7. The highest BCUT2D eigenvalue weighted by Gasteiger charge is 2.33. The molecule has 0 spiro atoms. The van der Waals surface area contributed by atoms with E-state index >= 15 is 0 Å². The van der Waals surface area contributed by atoms with E-state index in [1.165, 1.54) is 5.56 Å². The van der Waals surface area contributed by atoms with E-state index in [4.69, 9.17) is 14.5 Å². The van der Waals surface area contributed by atoms with Gasteiger partial charge >= 0.3 is 0 Å². The number of nitrogens with zero attached hydrogens (tertiary/aromatic N) is 2. The van der Waals surface area contributed by atoms with Crippen molar-refractivity contribution in [1.82, 2.24) is 14.9 Å². The molecule has 1 aromatic heterocycles. The van der Waals surface area contributed by atoms with Crippen molar-refractivity contribution >= 4 is 0 Å². The molecule has 0 saturated carbocycles. The molecule has 0 radical (unpaired) electrons. The van der Waals surface area contributed by atoms with Crippen molar-refractivity contribution < 1.29 is 9.47 Å². The van der Waals surface area contributed by atoms with Crippen molar-refractivity contribution in [2.45, 2.75) is 53.0 Å². The van der Waals surface area contributed by atoms with Gasteiger partial charge in [0.1, 0.15) is 5.82 Å². The van der Waals surface area contributed by atoms with Gasteiger partial charge in [-0.25, -0.2) is 4.98 Å². The van der Waals surface area contributed by atoms with Crippen molar-refractivity contribution in [2.75, 3.05) is 19.8 Å². The van der Waals surface area contributed by atoms with E-state index in [2.05, 4.69) is 91.4 Å². The molecule has 1 N–H and O–H groups in total. The molecule has 0 amide bonds. The Bertz CT molecular complexity index is 1010. The second-order valence-corrected chi connectivity index (χ2v) is 10.6. The van der Waals surface area contributed by atoms with E-state index in [9.17, 15) is 0 Å². The van der Waals surface area contributed by atoms with Gasteiger partial charge in [0.25, 0.3) is 0 Å². The summed E-state index contributed by atoms with van der Waals surface area (Å²) in [6.45, 7) is 13.8. The molecule has 1 atom stereocenters. The van der Waals surface area contributed by atoms with Crippen LogP contribution in [0.1, 0.15) is 52.0 Å². The first-order valence-corrected chi connectivity index (χ1v) is 11.9. The maximum Gasteiger partial charge on any atom is 0.162 e. The Morgan fingerprint density at radius 1 is 1.00 bits per heavy atom. The first-order valence-electron chi connectivity index (χ1n) is 11.9. The topological polar surface area (TPSA) is 48.3 Å². The fraction of sp³-hybridized carbons (Fsp3) is 0.464. The van der Waals surface area contributed by atoms with E-state index in [1.807, 2.05) is 19.9 Å². The van der Waals surface area contributed by atoms with Crippen molar-refractivity contribution in [2.24, 2.45) is 11.3 Å². The number of hydrogen-bond donors (Lipinski definition) is 1. The van der Waals surface area contributed by atoms with Crippen molar-refractivity contribution in [1.29, 1.82) is 0 Å². The zero-order valence-electron chi connectivity index (χ0n) is 20.5. The van der Waals surface area contributed by atoms with Gasteiger partial charge in [0.2, 0.25) is 0 Å². The third kappa shape index (κ3) is 6.11. The molecular weight excluding hydrogens is 410 g/mol. The number of nitrogens with one attached hydrogen (secondary N) is 1. The fourth-order valence-electron chi connectivity index (χ4n) is 4.23. The number of ether oxygens (including phenoxy) is 2. The summed E-state index contributed by atoms with van der Waals surface area (Å²) in [5, 5.41) is 3.82. The minimum absolute atomic E-state index is 0.0244. The predicted molar refractivity (Wildman–Crippen MR) is 133 cm³/mol. The zero-order valence-corrected chi connectivity index (χ0v) is 20.5. The average Bonchev–Trinajstić information content (AvgIpc) is 3.18. The minimum Gasteiger partial charge on any atom is -0.350 e. The molecular formula is C28H37N3O2. The van der Waals surface area contributed by atoms with Crippen LogP contribution >= 0.6 is 0 Å². The van der Waals surface area contributed by atoms with Gasteiger partial charge in [-0.05, 0) is 24.8 Å². The lowest BCUT2D eigenvalue weighted by molar-refractivity contribution is -0.261. The Hall–Kier alpha value is -2.47. The van der Waals surface area contributed by atoms with Gasteiger partial charge in [0.15, 0.2) is 5.79 Å². The van der Waals surface area contributed by atoms with Gasteiger partial charge in [-0.2, -0.15) is 0 Å². The van der Waals surface area contributed by atoms with E-state index < -0.39 is 5.79 Å². The molecule has 4 rings (SSSR count). The standard InChI is InChI=1S/C28H37N3O2/c1-27(2,3)25(29-16-22-19-32-28(4,5)33-20-22)26-30-24(23-14-10-7-11-15-23)18-31(26)17-21-12-8-6-9-13-21/h6-15,18,22,25,29H,16-17,19-20H2,1-5H3. The van der Waals surface area contributed by atoms with E-state index in [0.29, 0.717) is 19.1 Å². The molecule has 5 nitrogen and oxygen atoms in total. The molecule has 0 bridgehead atoms. The number of aromatic nitrogens is 2. The van der Waals surface area contributed by atoms with Crippen LogP contribution in [0, 0.1) is 11.3 Å². The zero-order chi connectivity index (χ0) is 23.5. The van der Waals surface area contributed by atoms with E-state index in [-0.39, 0.29) is 11.5 Å². The Morgan fingerprint density at radius 3 is 2.21 bits per heavy atom. The Morgan fingerprint density at radius 2 is 1.61 bits per heavy atom. The van der Waals surface area contributed by atoms with Crippen molar-refractivity contribution in [3.05, 3.63) is 78.2 Å². The highest BCUT2D eigenvalue weighted by atomic mass is 16.7. The van der Waals surface area contributed by atoms with Gasteiger partial charge < -0.3 is 19.4 Å². The molecule has 1 saturated heterocycles. The second-order valence-electron chi connectivity index (χ2n) is 10.6. The van der Waals surface area contributed by atoms with Crippen molar-refractivity contribution in [3.63, 3.8) is 0 Å². The number of benzene rings is 2. The van der Waals surface area contributed by atoms with Gasteiger partial charge in [-0.15, -0.1) is 0 Å². The van der Waals surface area contributed by atoms with Crippen LogP contribution in [0.25, 0.3) is 11.3 Å². The van der Waals surface area contributed by atoms with Gasteiger partial charge in [-0.3, -0.25) is 0 Å². The number of hydrogen-bond acceptors (Lipinski definition) is 4. The minimum atomic E-state index is -0.490. The third-order valence-corrected chi connectivity index (χ3v) is 6.14. The lowest BCUT2D eigenvalue weighted by Gasteiger charge is -2.37. The summed E-state index contributed by atoms with van der Waals surface area (Å²) in [5.41, 5.74) is 3.38. The number of imidazole rings is 1. The Kier molecular flexibility index (Phi) is 7.03. The lowest BCUT2D eigenvalue weighted by atomic mass is 9.85. The van der Waals surface area contributed by atoms with Gasteiger partial charge in [0, 0.05) is 30.8 Å². The third-order valence-electron chi connectivity index (χ3n) is 6.14. The second kappa shape index (κ2) is 9.80. The molecule has 5 heteroatoms. The lowest BCUT2D eigenvalue weighted by Crippen LogP contribution is -2.45.